The third kappa shape index (κ3) is 13.4. The molecule has 0 bridgehead atoms. The van der Waals surface area contributed by atoms with E-state index in [0.29, 0.717) is 35.3 Å². The molecule has 0 aliphatic heterocycles. The number of nitrogens with one attached hydrogen (secondary N) is 2. The number of ether oxygens (including phenoxy) is 1. The first-order valence-corrected chi connectivity index (χ1v) is 12.6. The molecule has 34 heavy (non-hydrogen) atoms. The van der Waals surface area contributed by atoms with Crippen molar-refractivity contribution in [2.24, 2.45) is 0 Å². The molecular weight excluding hydrogens is 553 g/mol. The van der Waals surface area contributed by atoms with Crippen molar-refractivity contribution in [2.45, 2.75) is 88.8 Å². The molecular formula is C22H34BrF7N2OS. The van der Waals surface area contributed by atoms with Crippen LogP contribution in [0.4, 0.5) is 30.7 Å². The lowest BCUT2D eigenvalue weighted by molar-refractivity contribution is -0.138. The van der Waals surface area contributed by atoms with Gasteiger partial charge in [0.25, 0.3) is 0 Å². The zero-order valence-corrected chi connectivity index (χ0v) is 22.4. The maximum absolute atomic E-state index is 13.1. The Labute approximate surface area is 210 Å². The van der Waals surface area contributed by atoms with Crippen LogP contribution >= 0.6 is 27.9 Å². The summed E-state index contributed by atoms with van der Waals surface area (Å²) in [5.74, 6) is -5.24. The number of halogens is 8. The summed E-state index contributed by atoms with van der Waals surface area (Å²) >= 11 is 4.32. The second kappa shape index (κ2) is 15.4. The van der Waals surface area contributed by atoms with Crippen LogP contribution in [0.15, 0.2) is 21.5 Å². The molecule has 1 saturated carbocycles. The van der Waals surface area contributed by atoms with Crippen LogP contribution in [0, 0.1) is 0 Å². The zero-order chi connectivity index (χ0) is 26.6. The highest BCUT2D eigenvalue weighted by molar-refractivity contribution is 9.10. The fourth-order valence-electron chi connectivity index (χ4n) is 2.70. The summed E-state index contributed by atoms with van der Waals surface area (Å²) in [7, 11) is 1.19. The van der Waals surface area contributed by atoms with Gasteiger partial charge in [0.2, 0.25) is 11.8 Å². The smallest absolute Gasteiger partial charge is 0.420 e. The van der Waals surface area contributed by atoms with Crippen molar-refractivity contribution < 1.29 is 35.5 Å². The second-order valence-corrected chi connectivity index (χ2v) is 9.27. The van der Waals surface area contributed by atoms with Crippen LogP contribution in [0.1, 0.15) is 65.4 Å². The molecule has 1 fully saturated rings. The van der Waals surface area contributed by atoms with E-state index in [1.165, 1.54) is 32.0 Å². The van der Waals surface area contributed by atoms with E-state index in [2.05, 4.69) is 26.0 Å². The average molecular weight is 587 g/mol. The summed E-state index contributed by atoms with van der Waals surface area (Å²) in [6.07, 6.45) is -3.85. The van der Waals surface area contributed by atoms with Crippen molar-refractivity contribution in [3.8, 4) is 5.75 Å². The van der Waals surface area contributed by atoms with Gasteiger partial charge >= 0.3 is 6.18 Å². The Morgan fingerprint density at radius 3 is 2.06 bits per heavy atom. The van der Waals surface area contributed by atoms with Crippen molar-refractivity contribution in [1.82, 2.24) is 10.0 Å². The van der Waals surface area contributed by atoms with Crippen LogP contribution in [0.3, 0.4) is 0 Å². The molecule has 0 aromatic heterocycles. The molecule has 0 heterocycles. The highest BCUT2D eigenvalue weighted by Gasteiger charge is 2.35. The first kappa shape index (κ1) is 33.3. The number of alkyl halides is 7. The third-order valence-electron chi connectivity index (χ3n) is 4.74. The van der Waals surface area contributed by atoms with Crippen molar-refractivity contribution in [3.63, 3.8) is 0 Å². The molecule has 2 N–H and O–H groups in total. The van der Waals surface area contributed by atoms with Gasteiger partial charge < -0.3 is 10.1 Å². The molecule has 1 aromatic rings. The van der Waals surface area contributed by atoms with Gasteiger partial charge in [0.1, 0.15) is 5.75 Å². The number of methoxy groups -OCH3 is 1. The van der Waals surface area contributed by atoms with E-state index in [1.54, 1.807) is 0 Å². The van der Waals surface area contributed by atoms with Gasteiger partial charge in [-0.05, 0) is 59.8 Å². The summed E-state index contributed by atoms with van der Waals surface area (Å²) in [4.78, 5) is 0.562. The predicted octanol–water partition coefficient (Wildman–Crippen LogP) is 8.32. The standard InChI is InChI=1S/C16H20BrF5N2OS.C4H8F2.C2H6/c1-25-13-9-14(12(17)8-11(13)16(20,21)22)26-24-7-6-23-10-2-4-15(18,19)5-3-10;1-3-4(2,5)6;1-2/h8-10,23-24H,2-7H2,1H3;3H2,1-2H3;1-2H3. The maximum Gasteiger partial charge on any atom is 0.420 e. The Balaban J connectivity index is 0.00000118. The van der Waals surface area contributed by atoms with Gasteiger partial charge in [0, 0.05) is 47.8 Å². The van der Waals surface area contributed by atoms with Crippen LogP contribution in [0.25, 0.3) is 0 Å². The molecule has 3 nitrogen and oxygen atoms in total. The van der Waals surface area contributed by atoms with Gasteiger partial charge in [-0.25, -0.2) is 17.6 Å². The van der Waals surface area contributed by atoms with E-state index < -0.39 is 23.6 Å². The fraction of sp³-hybridized carbons (Fsp3) is 0.727. The van der Waals surface area contributed by atoms with Crippen LogP contribution in [-0.2, 0) is 6.18 Å². The van der Waals surface area contributed by atoms with Crippen LogP contribution in [-0.4, -0.2) is 38.1 Å². The summed E-state index contributed by atoms with van der Waals surface area (Å²) in [5, 5.41) is 3.22. The van der Waals surface area contributed by atoms with Crippen LogP contribution in [0.2, 0.25) is 0 Å². The number of rotatable bonds is 8. The van der Waals surface area contributed by atoms with Crippen LogP contribution in [0.5, 0.6) is 5.75 Å². The average Bonchev–Trinajstić information content (AvgIpc) is 2.76. The molecule has 0 amide bonds. The van der Waals surface area contributed by atoms with Gasteiger partial charge in [-0.2, -0.15) is 13.2 Å². The number of hydrogen-bond donors (Lipinski definition) is 2. The molecule has 0 spiro atoms. The number of hydrogen-bond acceptors (Lipinski definition) is 4. The highest BCUT2D eigenvalue weighted by atomic mass is 79.9. The molecule has 2 rings (SSSR count). The minimum absolute atomic E-state index is 0.0625. The van der Waals surface area contributed by atoms with E-state index in [9.17, 15) is 30.7 Å². The molecule has 0 saturated heterocycles. The van der Waals surface area contributed by atoms with E-state index in [0.717, 1.165) is 13.0 Å². The Kier molecular flexibility index (Phi) is 15.1. The van der Waals surface area contributed by atoms with Gasteiger partial charge in [0.05, 0.1) is 12.7 Å². The third-order valence-corrected chi connectivity index (χ3v) is 6.56. The highest BCUT2D eigenvalue weighted by Crippen LogP contribution is 2.41. The summed E-state index contributed by atoms with van der Waals surface area (Å²) < 4.78 is 96.1. The first-order valence-electron chi connectivity index (χ1n) is 11.0. The SMILES string of the molecule is CC.CCC(C)(F)F.COc1cc(SNCCNC2CCC(F)(F)CC2)c(Br)cc1C(F)(F)F. The normalized spacial score (nSPS) is 16.1. The lowest BCUT2D eigenvalue weighted by Gasteiger charge is -2.28. The summed E-state index contributed by atoms with van der Waals surface area (Å²) in [6, 6.07) is 2.39. The van der Waals surface area contributed by atoms with Crippen molar-refractivity contribution in [2.75, 3.05) is 20.2 Å². The van der Waals surface area contributed by atoms with Gasteiger partial charge in [0.15, 0.2) is 0 Å². The minimum Gasteiger partial charge on any atom is -0.496 e. The fourth-order valence-corrected chi connectivity index (χ4v) is 3.97. The zero-order valence-electron chi connectivity index (χ0n) is 20.0. The molecule has 200 valence electrons. The van der Waals surface area contributed by atoms with Gasteiger partial charge in [-0.15, -0.1) is 0 Å². The first-order chi connectivity index (χ1) is 15.7. The monoisotopic (exact) mass is 586 g/mol. The summed E-state index contributed by atoms with van der Waals surface area (Å²) in [6.45, 7) is 7.49. The Morgan fingerprint density at radius 1 is 1.09 bits per heavy atom. The molecule has 0 radical (unpaired) electrons. The molecule has 1 aliphatic rings. The van der Waals surface area contributed by atoms with Crippen molar-refractivity contribution in [1.29, 1.82) is 0 Å². The van der Waals surface area contributed by atoms with Crippen molar-refractivity contribution >= 4 is 27.9 Å². The molecule has 0 unspecified atom stereocenters. The molecule has 1 aliphatic carbocycles. The Morgan fingerprint density at radius 2 is 1.62 bits per heavy atom. The lowest BCUT2D eigenvalue weighted by atomic mass is 9.92. The quantitative estimate of drug-likeness (QED) is 0.182. The molecule has 1 aromatic carbocycles. The van der Waals surface area contributed by atoms with Crippen LogP contribution < -0.4 is 14.8 Å². The van der Waals surface area contributed by atoms with Gasteiger partial charge in [-0.3, -0.25) is 4.72 Å². The largest absolute Gasteiger partial charge is 0.496 e. The van der Waals surface area contributed by atoms with E-state index >= 15 is 0 Å². The summed E-state index contributed by atoms with van der Waals surface area (Å²) in [5.41, 5.74) is -0.841. The van der Waals surface area contributed by atoms with E-state index in [1.807, 2.05) is 13.8 Å². The maximum atomic E-state index is 13.1. The lowest BCUT2D eigenvalue weighted by Crippen LogP contribution is -2.39. The van der Waals surface area contributed by atoms with E-state index in [4.69, 9.17) is 4.74 Å². The molecule has 0 atom stereocenters. The Bertz CT molecular complexity index is 706. The number of benzene rings is 1. The second-order valence-electron chi connectivity index (χ2n) is 7.49. The minimum atomic E-state index is -4.49. The van der Waals surface area contributed by atoms with Gasteiger partial charge in [-0.1, -0.05) is 20.8 Å². The topological polar surface area (TPSA) is 33.3 Å². The Hall–Kier alpha value is -0.720. The van der Waals surface area contributed by atoms with E-state index in [-0.39, 0.29) is 31.1 Å². The van der Waals surface area contributed by atoms with Crippen molar-refractivity contribution in [3.05, 3.63) is 22.2 Å². The molecule has 12 heteroatoms. The predicted molar refractivity (Wildman–Crippen MR) is 127 cm³/mol.